The Hall–Kier alpha value is -0.0800. The van der Waals surface area contributed by atoms with Gasteiger partial charge >= 0.3 is 0 Å². The fourth-order valence-electron chi connectivity index (χ4n) is 2.48. The minimum atomic E-state index is 0.712. The first-order valence-electron chi connectivity index (χ1n) is 6.23. The molecule has 2 heteroatoms. The molecule has 1 aliphatic rings. The molecule has 0 saturated carbocycles. The molecule has 1 fully saturated rings. The molecule has 1 heterocycles. The lowest BCUT2D eigenvalue weighted by molar-refractivity contribution is 0.163. The van der Waals surface area contributed by atoms with Gasteiger partial charge in [0.25, 0.3) is 0 Å². The summed E-state index contributed by atoms with van der Waals surface area (Å²) in [7, 11) is 0. The topological polar surface area (TPSA) is 15.3 Å². The molecule has 84 valence electrons. The zero-order chi connectivity index (χ0) is 10.4. The summed E-state index contributed by atoms with van der Waals surface area (Å²) in [6, 6.07) is 0.712. The Bertz CT molecular complexity index is 139. The molecule has 0 spiro atoms. The van der Waals surface area contributed by atoms with Crippen LogP contribution >= 0.6 is 0 Å². The van der Waals surface area contributed by atoms with E-state index in [0.717, 1.165) is 12.5 Å². The van der Waals surface area contributed by atoms with E-state index in [9.17, 15) is 0 Å². The van der Waals surface area contributed by atoms with Crippen molar-refractivity contribution in [2.45, 2.75) is 46.1 Å². The van der Waals surface area contributed by atoms with Gasteiger partial charge in [-0.1, -0.05) is 13.8 Å². The number of likely N-dealkylation sites (tertiary alicyclic amines) is 1. The zero-order valence-electron chi connectivity index (χ0n) is 10.1. The minimum absolute atomic E-state index is 0.712. The van der Waals surface area contributed by atoms with Crippen molar-refractivity contribution >= 4 is 0 Å². The Labute approximate surface area is 89.1 Å². The summed E-state index contributed by atoms with van der Waals surface area (Å²) in [6.07, 6.45) is 4.07. The highest BCUT2D eigenvalue weighted by Gasteiger charge is 2.22. The number of hydrogen-bond acceptors (Lipinski definition) is 2. The number of nitrogens with zero attached hydrogens (tertiary/aromatic N) is 1. The molecule has 14 heavy (non-hydrogen) atoms. The third-order valence-corrected chi connectivity index (χ3v) is 3.41. The predicted molar refractivity (Wildman–Crippen MR) is 62.6 cm³/mol. The molecule has 2 nitrogen and oxygen atoms in total. The maximum Gasteiger partial charge on any atom is 0.00678 e. The van der Waals surface area contributed by atoms with E-state index in [1.165, 1.54) is 38.9 Å². The third-order valence-electron chi connectivity index (χ3n) is 3.41. The van der Waals surface area contributed by atoms with Crippen LogP contribution < -0.4 is 5.32 Å². The van der Waals surface area contributed by atoms with Crippen molar-refractivity contribution in [1.29, 1.82) is 0 Å². The molecule has 0 amide bonds. The number of piperidine rings is 1. The van der Waals surface area contributed by atoms with Gasteiger partial charge in [-0.15, -0.1) is 0 Å². The second-order valence-electron chi connectivity index (χ2n) is 4.53. The Morgan fingerprint density at radius 2 is 1.93 bits per heavy atom. The van der Waals surface area contributed by atoms with Gasteiger partial charge in [0.05, 0.1) is 0 Å². The Morgan fingerprint density at radius 1 is 1.29 bits per heavy atom. The molecule has 0 aliphatic carbocycles. The molecule has 1 aliphatic heterocycles. The van der Waals surface area contributed by atoms with Gasteiger partial charge in [-0.05, 0) is 58.3 Å². The largest absolute Gasteiger partial charge is 0.314 e. The van der Waals surface area contributed by atoms with Crippen LogP contribution in [-0.2, 0) is 0 Å². The lowest BCUT2D eigenvalue weighted by Crippen LogP contribution is -2.42. The first kappa shape index (κ1) is 12.0. The SMILES string of the molecule is CCCN1CCC(C(C)NCC)CC1. The van der Waals surface area contributed by atoms with E-state index in [-0.39, 0.29) is 0 Å². The number of rotatable bonds is 5. The van der Waals surface area contributed by atoms with Gasteiger partial charge in [0.15, 0.2) is 0 Å². The summed E-state index contributed by atoms with van der Waals surface area (Å²) in [5.41, 5.74) is 0. The van der Waals surface area contributed by atoms with Crippen LogP contribution in [0.4, 0.5) is 0 Å². The van der Waals surface area contributed by atoms with Gasteiger partial charge in [0, 0.05) is 6.04 Å². The molecule has 0 radical (unpaired) electrons. The van der Waals surface area contributed by atoms with Crippen molar-refractivity contribution in [2.75, 3.05) is 26.2 Å². The summed E-state index contributed by atoms with van der Waals surface area (Å²) in [6.45, 7) is 11.8. The fourth-order valence-corrected chi connectivity index (χ4v) is 2.48. The van der Waals surface area contributed by atoms with Gasteiger partial charge in [-0.2, -0.15) is 0 Å². The van der Waals surface area contributed by atoms with Crippen LogP contribution in [0.5, 0.6) is 0 Å². The maximum absolute atomic E-state index is 3.54. The summed E-state index contributed by atoms with van der Waals surface area (Å²) >= 11 is 0. The van der Waals surface area contributed by atoms with E-state index in [1.54, 1.807) is 0 Å². The molecule has 1 saturated heterocycles. The first-order chi connectivity index (χ1) is 6.77. The van der Waals surface area contributed by atoms with Crippen LogP contribution in [-0.4, -0.2) is 37.1 Å². The second kappa shape index (κ2) is 6.41. The van der Waals surface area contributed by atoms with E-state index in [4.69, 9.17) is 0 Å². The number of nitrogens with one attached hydrogen (secondary N) is 1. The van der Waals surface area contributed by atoms with Crippen molar-refractivity contribution in [3.8, 4) is 0 Å². The fraction of sp³-hybridized carbons (Fsp3) is 1.00. The molecular weight excluding hydrogens is 172 g/mol. The second-order valence-corrected chi connectivity index (χ2v) is 4.53. The lowest BCUT2D eigenvalue weighted by atomic mass is 9.90. The maximum atomic E-state index is 3.54. The molecule has 1 atom stereocenters. The summed E-state index contributed by atoms with van der Waals surface area (Å²) in [4.78, 5) is 2.61. The average molecular weight is 198 g/mol. The van der Waals surface area contributed by atoms with Gasteiger partial charge < -0.3 is 10.2 Å². The highest BCUT2D eigenvalue weighted by Crippen LogP contribution is 2.20. The molecule has 1 rings (SSSR count). The van der Waals surface area contributed by atoms with Crippen LogP contribution in [0, 0.1) is 5.92 Å². The quantitative estimate of drug-likeness (QED) is 0.728. The molecular formula is C12H26N2. The van der Waals surface area contributed by atoms with Crippen molar-refractivity contribution in [1.82, 2.24) is 10.2 Å². The van der Waals surface area contributed by atoms with Crippen molar-refractivity contribution in [3.63, 3.8) is 0 Å². The molecule has 1 N–H and O–H groups in total. The summed E-state index contributed by atoms with van der Waals surface area (Å²) in [5.74, 6) is 0.906. The highest BCUT2D eigenvalue weighted by molar-refractivity contribution is 4.78. The van der Waals surface area contributed by atoms with E-state index in [2.05, 4.69) is 31.0 Å². The van der Waals surface area contributed by atoms with Gasteiger partial charge in [-0.25, -0.2) is 0 Å². The molecule has 0 bridgehead atoms. The van der Waals surface area contributed by atoms with Crippen molar-refractivity contribution in [3.05, 3.63) is 0 Å². The Balaban J connectivity index is 2.21. The molecule has 0 aromatic heterocycles. The van der Waals surface area contributed by atoms with Gasteiger partial charge in [-0.3, -0.25) is 0 Å². The smallest absolute Gasteiger partial charge is 0.00678 e. The Morgan fingerprint density at radius 3 is 2.43 bits per heavy atom. The van der Waals surface area contributed by atoms with Crippen LogP contribution in [0.25, 0.3) is 0 Å². The van der Waals surface area contributed by atoms with Crippen LogP contribution in [0.15, 0.2) is 0 Å². The Kier molecular flexibility index (Phi) is 5.49. The van der Waals surface area contributed by atoms with E-state index < -0.39 is 0 Å². The first-order valence-corrected chi connectivity index (χ1v) is 6.23. The van der Waals surface area contributed by atoms with E-state index in [1.807, 2.05) is 0 Å². The summed E-state index contributed by atoms with van der Waals surface area (Å²) in [5, 5.41) is 3.54. The van der Waals surface area contributed by atoms with Gasteiger partial charge in [0.1, 0.15) is 0 Å². The van der Waals surface area contributed by atoms with Gasteiger partial charge in [0.2, 0.25) is 0 Å². The average Bonchev–Trinajstić information content (AvgIpc) is 2.20. The zero-order valence-corrected chi connectivity index (χ0v) is 10.1. The van der Waals surface area contributed by atoms with Crippen molar-refractivity contribution < 1.29 is 0 Å². The summed E-state index contributed by atoms with van der Waals surface area (Å²) < 4.78 is 0. The lowest BCUT2D eigenvalue weighted by Gasteiger charge is -2.34. The number of hydrogen-bond donors (Lipinski definition) is 1. The van der Waals surface area contributed by atoms with Crippen LogP contribution in [0.3, 0.4) is 0 Å². The monoisotopic (exact) mass is 198 g/mol. The standard InChI is InChI=1S/C12H26N2/c1-4-8-14-9-6-12(7-10-14)11(3)13-5-2/h11-13H,4-10H2,1-3H3. The van der Waals surface area contributed by atoms with E-state index in [0.29, 0.717) is 6.04 Å². The normalized spacial score (nSPS) is 22.5. The third kappa shape index (κ3) is 3.58. The molecule has 0 aromatic carbocycles. The predicted octanol–water partition coefficient (Wildman–Crippen LogP) is 2.11. The van der Waals surface area contributed by atoms with Crippen molar-refractivity contribution in [2.24, 2.45) is 5.92 Å². The van der Waals surface area contributed by atoms with Crippen LogP contribution in [0.2, 0.25) is 0 Å². The molecule has 0 aromatic rings. The van der Waals surface area contributed by atoms with E-state index >= 15 is 0 Å². The van der Waals surface area contributed by atoms with Crippen LogP contribution in [0.1, 0.15) is 40.0 Å². The molecule has 1 unspecified atom stereocenters. The highest BCUT2D eigenvalue weighted by atomic mass is 15.1. The minimum Gasteiger partial charge on any atom is -0.314 e.